The van der Waals surface area contributed by atoms with Gasteiger partial charge in [0.1, 0.15) is 12.4 Å². The van der Waals surface area contributed by atoms with E-state index in [-0.39, 0.29) is 0 Å². The maximum atomic E-state index is 9.84. The lowest BCUT2D eigenvalue weighted by atomic mass is 10.2. The second-order valence-electron chi connectivity index (χ2n) is 3.68. The Labute approximate surface area is 113 Å². The van der Waals surface area contributed by atoms with Crippen molar-refractivity contribution >= 4 is 27.3 Å². The molecular formula is C13H13BrO2S. The molecule has 17 heavy (non-hydrogen) atoms. The van der Waals surface area contributed by atoms with Crippen molar-refractivity contribution < 1.29 is 9.84 Å². The van der Waals surface area contributed by atoms with E-state index in [2.05, 4.69) is 15.9 Å². The molecule has 0 fully saturated rings. The summed E-state index contributed by atoms with van der Waals surface area (Å²) in [7, 11) is 0. The SMILES string of the molecule is OC(COc1ccccc1Br)Cc1cccs1. The molecule has 0 bridgehead atoms. The lowest BCUT2D eigenvalue weighted by Gasteiger charge is -2.12. The van der Waals surface area contributed by atoms with Crippen molar-refractivity contribution in [2.24, 2.45) is 0 Å². The zero-order chi connectivity index (χ0) is 12.1. The van der Waals surface area contributed by atoms with Crippen LogP contribution < -0.4 is 4.74 Å². The van der Waals surface area contributed by atoms with Gasteiger partial charge in [-0.05, 0) is 39.5 Å². The molecule has 0 saturated heterocycles. The van der Waals surface area contributed by atoms with Crippen LogP contribution in [0, 0.1) is 0 Å². The number of hydrogen-bond donors (Lipinski definition) is 1. The summed E-state index contributed by atoms with van der Waals surface area (Å²) < 4.78 is 6.46. The minimum atomic E-state index is -0.472. The van der Waals surface area contributed by atoms with Crippen molar-refractivity contribution in [3.8, 4) is 5.75 Å². The molecule has 0 aliphatic carbocycles. The van der Waals surface area contributed by atoms with E-state index in [4.69, 9.17) is 4.74 Å². The molecule has 0 aliphatic heterocycles. The molecule has 0 radical (unpaired) electrons. The monoisotopic (exact) mass is 312 g/mol. The number of aliphatic hydroxyl groups excluding tert-OH is 1. The second kappa shape index (κ2) is 6.19. The number of rotatable bonds is 5. The van der Waals surface area contributed by atoms with Crippen LogP contribution in [0.1, 0.15) is 4.88 Å². The zero-order valence-corrected chi connectivity index (χ0v) is 11.6. The van der Waals surface area contributed by atoms with Crippen LogP contribution in [0.2, 0.25) is 0 Å². The highest BCUT2D eigenvalue weighted by Gasteiger charge is 2.08. The fourth-order valence-electron chi connectivity index (χ4n) is 1.47. The van der Waals surface area contributed by atoms with Gasteiger partial charge in [-0.1, -0.05) is 18.2 Å². The van der Waals surface area contributed by atoms with E-state index >= 15 is 0 Å². The van der Waals surface area contributed by atoms with Crippen LogP contribution in [0.15, 0.2) is 46.3 Å². The fourth-order valence-corrected chi connectivity index (χ4v) is 2.64. The van der Waals surface area contributed by atoms with Gasteiger partial charge >= 0.3 is 0 Å². The number of thiophene rings is 1. The lowest BCUT2D eigenvalue weighted by molar-refractivity contribution is 0.108. The van der Waals surface area contributed by atoms with Crippen LogP contribution in [0.3, 0.4) is 0 Å². The normalized spacial score (nSPS) is 12.4. The predicted octanol–water partition coefficient (Wildman–Crippen LogP) is 3.49. The molecule has 1 aromatic carbocycles. The van der Waals surface area contributed by atoms with Crippen LogP contribution in [-0.4, -0.2) is 17.8 Å². The standard InChI is InChI=1S/C13H13BrO2S/c14-12-5-1-2-6-13(12)16-9-10(15)8-11-4-3-7-17-11/h1-7,10,15H,8-9H2. The highest BCUT2D eigenvalue weighted by molar-refractivity contribution is 9.10. The van der Waals surface area contributed by atoms with E-state index in [1.54, 1.807) is 11.3 Å². The summed E-state index contributed by atoms with van der Waals surface area (Å²) in [5.74, 6) is 0.762. The van der Waals surface area contributed by atoms with Gasteiger partial charge < -0.3 is 9.84 Å². The summed E-state index contributed by atoms with van der Waals surface area (Å²) in [6.07, 6.45) is 0.169. The molecule has 1 aromatic heterocycles. The predicted molar refractivity (Wildman–Crippen MR) is 73.7 cm³/mol. The molecule has 0 saturated carbocycles. The molecule has 2 nitrogen and oxygen atoms in total. The molecule has 1 atom stereocenters. The minimum absolute atomic E-state index is 0.306. The van der Waals surface area contributed by atoms with E-state index in [0.717, 1.165) is 10.2 Å². The first-order chi connectivity index (χ1) is 8.25. The number of hydrogen-bond acceptors (Lipinski definition) is 3. The smallest absolute Gasteiger partial charge is 0.133 e. The van der Waals surface area contributed by atoms with Crippen molar-refractivity contribution in [3.05, 3.63) is 51.1 Å². The summed E-state index contributed by atoms with van der Waals surface area (Å²) in [6.45, 7) is 0.306. The van der Waals surface area contributed by atoms with Gasteiger partial charge in [0.05, 0.1) is 10.6 Å². The highest BCUT2D eigenvalue weighted by atomic mass is 79.9. The molecule has 2 rings (SSSR count). The van der Waals surface area contributed by atoms with Gasteiger partial charge in [-0.2, -0.15) is 0 Å². The first kappa shape index (κ1) is 12.6. The van der Waals surface area contributed by atoms with E-state index < -0.39 is 6.10 Å². The second-order valence-corrected chi connectivity index (χ2v) is 5.57. The Kier molecular flexibility index (Phi) is 4.59. The quantitative estimate of drug-likeness (QED) is 0.915. The van der Waals surface area contributed by atoms with Crippen molar-refractivity contribution in [1.82, 2.24) is 0 Å². The molecule has 4 heteroatoms. The van der Waals surface area contributed by atoms with Gasteiger partial charge in [0, 0.05) is 11.3 Å². The summed E-state index contributed by atoms with van der Waals surface area (Å²) in [4.78, 5) is 1.17. The minimum Gasteiger partial charge on any atom is -0.490 e. The summed E-state index contributed by atoms with van der Waals surface area (Å²) in [6, 6.07) is 11.6. The highest BCUT2D eigenvalue weighted by Crippen LogP contribution is 2.24. The van der Waals surface area contributed by atoms with Crippen LogP contribution in [0.5, 0.6) is 5.75 Å². The summed E-state index contributed by atoms with van der Waals surface area (Å²) in [5, 5.41) is 11.9. The molecule has 0 amide bonds. The van der Waals surface area contributed by atoms with Gasteiger partial charge in [0.15, 0.2) is 0 Å². The summed E-state index contributed by atoms with van der Waals surface area (Å²) >= 11 is 5.05. The topological polar surface area (TPSA) is 29.5 Å². The lowest BCUT2D eigenvalue weighted by Crippen LogP contribution is -2.19. The Morgan fingerprint density at radius 2 is 2.06 bits per heavy atom. The van der Waals surface area contributed by atoms with Gasteiger partial charge in [-0.15, -0.1) is 11.3 Å². The first-order valence-electron chi connectivity index (χ1n) is 5.33. The Balaban J connectivity index is 1.84. The van der Waals surface area contributed by atoms with Crippen LogP contribution in [-0.2, 0) is 6.42 Å². The Hall–Kier alpha value is -0.840. The molecule has 1 N–H and O–H groups in total. The Morgan fingerprint density at radius 3 is 2.76 bits per heavy atom. The molecule has 1 unspecified atom stereocenters. The largest absolute Gasteiger partial charge is 0.490 e. The number of aliphatic hydroxyl groups is 1. The average molecular weight is 313 g/mol. The molecular weight excluding hydrogens is 300 g/mol. The van der Waals surface area contributed by atoms with Gasteiger partial charge in [0.25, 0.3) is 0 Å². The van der Waals surface area contributed by atoms with Gasteiger partial charge in [-0.25, -0.2) is 0 Å². The molecule has 1 heterocycles. The third-order valence-electron chi connectivity index (χ3n) is 2.28. The van der Waals surface area contributed by atoms with Gasteiger partial charge in [-0.3, -0.25) is 0 Å². The summed E-state index contributed by atoms with van der Waals surface area (Å²) in [5.41, 5.74) is 0. The van der Waals surface area contributed by atoms with Crippen LogP contribution in [0.25, 0.3) is 0 Å². The number of benzene rings is 1. The van der Waals surface area contributed by atoms with Crippen molar-refractivity contribution in [3.63, 3.8) is 0 Å². The third kappa shape index (κ3) is 3.84. The molecule has 0 spiro atoms. The van der Waals surface area contributed by atoms with Crippen molar-refractivity contribution in [1.29, 1.82) is 0 Å². The Morgan fingerprint density at radius 1 is 1.24 bits per heavy atom. The Bertz CT molecular complexity index is 456. The number of ether oxygens (including phenoxy) is 1. The average Bonchev–Trinajstić information content (AvgIpc) is 2.81. The van der Waals surface area contributed by atoms with Gasteiger partial charge in [0.2, 0.25) is 0 Å². The third-order valence-corrected chi connectivity index (χ3v) is 3.84. The zero-order valence-electron chi connectivity index (χ0n) is 9.17. The number of para-hydroxylation sites is 1. The first-order valence-corrected chi connectivity index (χ1v) is 7.01. The van der Waals surface area contributed by atoms with Crippen molar-refractivity contribution in [2.75, 3.05) is 6.61 Å². The van der Waals surface area contributed by atoms with Crippen LogP contribution in [0.4, 0.5) is 0 Å². The van der Waals surface area contributed by atoms with E-state index in [1.807, 2.05) is 41.8 Å². The maximum absolute atomic E-state index is 9.84. The van der Waals surface area contributed by atoms with Crippen molar-refractivity contribution in [2.45, 2.75) is 12.5 Å². The molecule has 90 valence electrons. The fraction of sp³-hybridized carbons (Fsp3) is 0.231. The van der Waals surface area contributed by atoms with E-state index in [1.165, 1.54) is 4.88 Å². The maximum Gasteiger partial charge on any atom is 0.133 e. The van der Waals surface area contributed by atoms with Crippen LogP contribution >= 0.6 is 27.3 Å². The van der Waals surface area contributed by atoms with E-state index in [0.29, 0.717) is 13.0 Å². The molecule has 2 aromatic rings. The number of halogens is 1. The van der Waals surface area contributed by atoms with E-state index in [9.17, 15) is 5.11 Å². The molecule has 0 aliphatic rings.